The molecule has 3 fully saturated rings. The molecule has 3 aliphatic carbocycles. The van der Waals surface area contributed by atoms with Gasteiger partial charge in [0.1, 0.15) is 5.82 Å². The van der Waals surface area contributed by atoms with Crippen LogP contribution in [0.4, 0.5) is 0 Å². The van der Waals surface area contributed by atoms with Gasteiger partial charge >= 0.3 is 0 Å². The predicted octanol–water partition coefficient (Wildman–Crippen LogP) is 1.98. The highest BCUT2D eigenvalue weighted by molar-refractivity contribution is 7.71. The lowest BCUT2D eigenvalue weighted by Gasteiger charge is -2.07. The molecule has 6 heteroatoms. The molecular formula is C14H20N4OS. The van der Waals surface area contributed by atoms with Gasteiger partial charge in [-0.15, -0.1) is 0 Å². The summed E-state index contributed by atoms with van der Waals surface area (Å²) >= 11 is 5.25. The van der Waals surface area contributed by atoms with Crippen LogP contribution in [0.1, 0.15) is 44.0 Å². The average Bonchev–Trinajstić information content (AvgIpc) is 3.32. The second-order valence-electron chi connectivity index (χ2n) is 6.37. The molecule has 2 N–H and O–H groups in total. The van der Waals surface area contributed by atoms with Crippen LogP contribution in [-0.2, 0) is 11.2 Å². The van der Waals surface area contributed by atoms with Gasteiger partial charge in [-0.05, 0) is 49.7 Å². The van der Waals surface area contributed by atoms with E-state index in [-0.39, 0.29) is 5.91 Å². The lowest BCUT2D eigenvalue weighted by molar-refractivity contribution is -0.123. The van der Waals surface area contributed by atoms with Crippen molar-refractivity contribution < 1.29 is 4.79 Å². The second-order valence-corrected chi connectivity index (χ2v) is 6.76. The summed E-state index contributed by atoms with van der Waals surface area (Å²) in [6.07, 6.45) is 6.97. The highest BCUT2D eigenvalue weighted by Gasteiger charge is 2.56. The number of rotatable bonds is 5. The fourth-order valence-electron chi connectivity index (χ4n) is 3.85. The largest absolute Gasteiger partial charge is 0.355 e. The number of H-pyrrole nitrogens is 1. The first-order chi connectivity index (χ1) is 9.75. The summed E-state index contributed by atoms with van der Waals surface area (Å²) in [4.78, 5) is 12.1. The fourth-order valence-corrected chi connectivity index (χ4v) is 4.15. The van der Waals surface area contributed by atoms with E-state index in [1.807, 2.05) is 0 Å². The monoisotopic (exact) mass is 292 g/mol. The van der Waals surface area contributed by atoms with E-state index in [9.17, 15) is 4.79 Å². The van der Waals surface area contributed by atoms with Gasteiger partial charge in [0.25, 0.3) is 0 Å². The second kappa shape index (κ2) is 4.69. The fraction of sp³-hybridized carbons (Fsp3) is 0.786. The number of nitrogens with zero attached hydrogens (tertiary/aromatic N) is 2. The van der Waals surface area contributed by atoms with E-state index in [0.29, 0.717) is 35.1 Å². The van der Waals surface area contributed by atoms with Gasteiger partial charge in [0.05, 0.1) is 0 Å². The molecule has 0 unspecified atom stereocenters. The molecule has 20 heavy (non-hydrogen) atoms. The molecule has 108 valence electrons. The minimum atomic E-state index is 0.256. The number of hydrogen-bond donors (Lipinski definition) is 2. The van der Waals surface area contributed by atoms with Crippen LogP contribution in [0.15, 0.2) is 0 Å². The van der Waals surface area contributed by atoms with Gasteiger partial charge < -0.3 is 9.88 Å². The maximum Gasteiger partial charge on any atom is 0.223 e. The molecule has 0 aromatic carbocycles. The van der Waals surface area contributed by atoms with Gasteiger partial charge in [0.2, 0.25) is 5.91 Å². The third kappa shape index (κ3) is 2.10. The van der Waals surface area contributed by atoms with Crippen molar-refractivity contribution >= 4 is 18.1 Å². The van der Waals surface area contributed by atoms with Gasteiger partial charge in [0.15, 0.2) is 4.77 Å². The zero-order valence-corrected chi connectivity index (χ0v) is 12.3. The normalized spacial score (nSPS) is 31.1. The third-order valence-electron chi connectivity index (χ3n) is 5.05. The Kier molecular flexibility index (Phi) is 2.94. The van der Waals surface area contributed by atoms with E-state index in [4.69, 9.17) is 12.2 Å². The molecule has 0 aliphatic heterocycles. The molecule has 0 spiro atoms. The molecule has 0 saturated heterocycles. The zero-order chi connectivity index (χ0) is 13.7. The number of aromatic nitrogens is 3. The molecular weight excluding hydrogens is 272 g/mol. The van der Waals surface area contributed by atoms with E-state index >= 15 is 0 Å². The van der Waals surface area contributed by atoms with E-state index in [1.165, 1.54) is 32.1 Å². The van der Waals surface area contributed by atoms with Crippen LogP contribution in [-0.4, -0.2) is 27.2 Å². The Hall–Kier alpha value is -1.17. The molecule has 0 bridgehead atoms. The van der Waals surface area contributed by atoms with Crippen LogP contribution in [0.2, 0.25) is 0 Å². The number of carbonyl (C=O) groups excluding carboxylic acids is 1. The summed E-state index contributed by atoms with van der Waals surface area (Å²) in [5.74, 6) is 2.93. The summed E-state index contributed by atoms with van der Waals surface area (Å²) in [5.41, 5.74) is 0. The van der Waals surface area contributed by atoms with Gasteiger partial charge in [-0.25, -0.2) is 0 Å². The number of nitrogens with one attached hydrogen (secondary N) is 2. The van der Waals surface area contributed by atoms with Crippen LogP contribution in [0.5, 0.6) is 0 Å². The van der Waals surface area contributed by atoms with E-state index in [0.717, 1.165) is 12.2 Å². The predicted molar refractivity (Wildman–Crippen MR) is 76.7 cm³/mol. The number of carbonyl (C=O) groups is 1. The van der Waals surface area contributed by atoms with Crippen molar-refractivity contribution in [3.63, 3.8) is 0 Å². The van der Waals surface area contributed by atoms with Gasteiger partial charge in [-0.2, -0.15) is 5.10 Å². The standard InChI is InChI=1S/C14H20N4OS/c19-13(12-9-2-1-3-10(9)12)15-7-6-11-16-17-14(20)18(11)8-4-5-8/h8-10,12H,1-7H2,(H,15,19)(H,17,20)/t9-,10-/m0/s1. The van der Waals surface area contributed by atoms with Crippen LogP contribution >= 0.6 is 12.2 Å². The van der Waals surface area contributed by atoms with Crippen molar-refractivity contribution in [1.82, 2.24) is 20.1 Å². The van der Waals surface area contributed by atoms with Crippen molar-refractivity contribution in [1.29, 1.82) is 0 Å². The number of hydrogen-bond acceptors (Lipinski definition) is 3. The first-order valence-corrected chi connectivity index (χ1v) is 8.10. The Labute approximate surface area is 123 Å². The molecule has 1 aromatic rings. The highest BCUT2D eigenvalue weighted by Crippen LogP contribution is 2.57. The van der Waals surface area contributed by atoms with Gasteiger partial charge in [-0.3, -0.25) is 9.89 Å². The van der Waals surface area contributed by atoms with Crippen LogP contribution in [0, 0.1) is 22.5 Å². The number of amides is 1. The Morgan fingerprint density at radius 1 is 1.35 bits per heavy atom. The topological polar surface area (TPSA) is 62.7 Å². The molecule has 3 saturated carbocycles. The van der Waals surface area contributed by atoms with E-state index in [1.54, 1.807) is 0 Å². The van der Waals surface area contributed by atoms with Crippen molar-refractivity contribution in [2.45, 2.75) is 44.6 Å². The average molecular weight is 292 g/mol. The van der Waals surface area contributed by atoms with Crippen LogP contribution in [0.3, 0.4) is 0 Å². The highest BCUT2D eigenvalue weighted by atomic mass is 32.1. The Morgan fingerprint density at radius 3 is 2.80 bits per heavy atom. The van der Waals surface area contributed by atoms with E-state index < -0.39 is 0 Å². The summed E-state index contributed by atoms with van der Waals surface area (Å²) in [7, 11) is 0. The number of aromatic amines is 1. The van der Waals surface area contributed by atoms with Gasteiger partial charge in [-0.1, -0.05) is 6.42 Å². The van der Waals surface area contributed by atoms with Crippen LogP contribution in [0.25, 0.3) is 0 Å². The van der Waals surface area contributed by atoms with Crippen molar-refractivity contribution in [2.75, 3.05) is 6.54 Å². The smallest absolute Gasteiger partial charge is 0.223 e. The maximum atomic E-state index is 12.1. The first-order valence-electron chi connectivity index (χ1n) is 7.69. The number of fused-ring (bicyclic) bond motifs is 1. The molecule has 1 amide bonds. The Bertz CT molecular complexity index is 578. The van der Waals surface area contributed by atoms with Crippen molar-refractivity contribution in [3.05, 3.63) is 10.6 Å². The van der Waals surface area contributed by atoms with Gasteiger partial charge in [0, 0.05) is 24.9 Å². The Balaban J connectivity index is 1.31. The Morgan fingerprint density at radius 2 is 2.10 bits per heavy atom. The summed E-state index contributed by atoms with van der Waals surface area (Å²) in [6.45, 7) is 0.668. The molecule has 1 aromatic heterocycles. The molecule has 5 nitrogen and oxygen atoms in total. The van der Waals surface area contributed by atoms with Crippen molar-refractivity contribution in [2.24, 2.45) is 17.8 Å². The lowest BCUT2D eigenvalue weighted by atomic mass is 10.1. The van der Waals surface area contributed by atoms with Crippen LogP contribution < -0.4 is 5.32 Å². The molecule has 3 aliphatic rings. The third-order valence-corrected chi connectivity index (χ3v) is 5.33. The quantitative estimate of drug-likeness (QED) is 0.816. The zero-order valence-electron chi connectivity index (χ0n) is 11.5. The lowest BCUT2D eigenvalue weighted by Crippen LogP contribution is -2.29. The first kappa shape index (κ1) is 12.6. The molecule has 4 rings (SSSR count). The summed E-state index contributed by atoms with van der Waals surface area (Å²) < 4.78 is 2.83. The molecule has 2 atom stereocenters. The summed E-state index contributed by atoms with van der Waals surface area (Å²) in [5, 5.41) is 10.2. The summed E-state index contributed by atoms with van der Waals surface area (Å²) in [6, 6.07) is 0.537. The minimum absolute atomic E-state index is 0.256. The van der Waals surface area contributed by atoms with Crippen molar-refractivity contribution in [3.8, 4) is 0 Å². The minimum Gasteiger partial charge on any atom is -0.355 e. The SMILES string of the molecule is O=C(NCCc1n[nH]c(=S)n1C1CC1)C1[C@H]2CCC[C@H]12. The van der Waals surface area contributed by atoms with E-state index in [2.05, 4.69) is 20.1 Å². The maximum absolute atomic E-state index is 12.1. The molecule has 1 heterocycles. The molecule has 0 radical (unpaired) electrons.